The Labute approximate surface area is 72.5 Å². The number of rotatable bonds is 3. The number of carbonyl (C=O) groups excluding carboxylic acids is 1. The van der Waals surface area contributed by atoms with Gasteiger partial charge >= 0.3 is 0 Å². The van der Waals surface area contributed by atoms with Crippen molar-refractivity contribution in [3.05, 3.63) is 0 Å². The molecule has 1 N–H and O–H groups in total. The van der Waals surface area contributed by atoms with E-state index in [0.29, 0.717) is 25.7 Å². The Morgan fingerprint density at radius 1 is 1.50 bits per heavy atom. The predicted octanol–water partition coefficient (Wildman–Crippen LogP) is 1.79. The third-order valence-corrected chi connectivity index (χ3v) is 2.58. The van der Waals surface area contributed by atoms with Gasteiger partial charge in [-0.05, 0) is 19.3 Å². The van der Waals surface area contributed by atoms with Crippen LogP contribution >= 0.6 is 0 Å². The summed E-state index contributed by atoms with van der Waals surface area (Å²) in [5, 5.41) is 2.50. The molecular formula is C9H16FNO. The molecule has 3 heteroatoms. The van der Waals surface area contributed by atoms with Crippen LogP contribution in [-0.2, 0) is 4.79 Å². The van der Waals surface area contributed by atoms with Gasteiger partial charge in [0, 0.05) is 13.5 Å². The molecule has 0 aromatic rings. The molecule has 0 aromatic heterocycles. The molecule has 0 spiro atoms. The third kappa shape index (κ3) is 2.47. The maximum atomic E-state index is 13.6. The number of alkyl halides is 1. The van der Waals surface area contributed by atoms with E-state index < -0.39 is 5.67 Å². The van der Waals surface area contributed by atoms with E-state index in [-0.39, 0.29) is 5.91 Å². The minimum Gasteiger partial charge on any atom is -0.359 e. The van der Waals surface area contributed by atoms with Crippen LogP contribution in [0.15, 0.2) is 0 Å². The highest BCUT2D eigenvalue weighted by molar-refractivity contribution is 5.75. The van der Waals surface area contributed by atoms with Crippen molar-refractivity contribution < 1.29 is 9.18 Å². The van der Waals surface area contributed by atoms with Gasteiger partial charge in [-0.15, -0.1) is 0 Å². The Hall–Kier alpha value is -0.600. The van der Waals surface area contributed by atoms with Crippen molar-refractivity contribution in [1.82, 2.24) is 5.32 Å². The molecule has 1 aliphatic rings. The van der Waals surface area contributed by atoms with Crippen molar-refractivity contribution in [1.29, 1.82) is 0 Å². The normalized spacial score (nSPS) is 20.8. The summed E-state index contributed by atoms with van der Waals surface area (Å²) in [5.41, 5.74) is -1.04. The monoisotopic (exact) mass is 173 g/mol. The zero-order valence-electron chi connectivity index (χ0n) is 7.53. The first-order valence-corrected chi connectivity index (χ1v) is 4.56. The quantitative estimate of drug-likeness (QED) is 0.692. The van der Waals surface area contributed by atoms with Crippen LogP contribution in [0.1, 0.15) is 38.5 Å². The summed E-state index contributed by atoms with van der Waals surface area (Å²) in [7, 11) is 1.59. The molecule has 12 heavy (non-hydrogen) atoms. The van der Waals surface area contributed by atoms with E-state index in [4.69, 9.17) is 0 Å². The van der Waals surface area contributed by atoms with Crippen LogP contribution in [0, 0.1) is 0 Å². The maximum absolute atomic E-state index is 13.6. The van der Waals surface area contributed by atoms with Gasteiger partial charge in [0.25, 0.3) is 0 Å². The topological polar surface area (TPSA) is 29.1 Å². The standard InChI is InChI=1S/C9H16FNO/c1-11-8(12)4-7-9(10)5-2-3-6-9/h2-7H2,1H3,(H,11,12). The van der Waals surface area contributed by atoms with Gasteiger partial charge in [-0.3, -0.25) is 4.79 Å². The van der Waals surface area contributed by atoms with Crippen LogP contribution in [0.2, 0.25) is 0 Å². The first-order chi connectivity index (χ1) is 5.66. The summed E-state index contributed by atoms with van der Waals surface area (Å²) < 4.78 is 13.6. The van der Waals surface area contributed by atoms with Crippen LogP contribution in [-0.4, -0.2) is 18.6 Å². The van der Waals surface area contributed by atoms with E-state index in [1.165, 1.54) is 0 Å². The van der Waals surface area contributed by atoms with E-state index in [0.717, 1.165) is 12.8 Å². The Bertz CT molecular complexity index is 164. The largest absolute Gasteiger partial charge is 0.359 e. The van der Waals surface area contributed by atoms with Gasteiger partial charge in [-0.1, -0.05) is 12.8 Å². The van der Waals surface area contributed by atoms with Crippen molar-refractivity contribution in [2.75, 3.05) is 7.05 Å². The van der Waals surface area contributed by atoms with Gasteiger partial charge in [0.05, 0.1) is 0 Å². The third-order valence-electron chi connectivity index (χ3n) is 2.58. The maximum Gasteiger partial charge on any atom is 0.219 e. The van der Waals surface area contributed by atoms with E-state index in [2.05, 4.69) is 5.32 Å². The average Bonchev–Trinajstić information content (AvgIpc) is 2.49. The molecule has 0 bridgehead atoms. The highest BCUT2D eigenvalue weighted by atomic mass is 19.1. The zero-order valence-corrected chi connectivity index (χ0v) is 7.53. The summed E-state index contributed by atoms with van der Waals surface area (Å²) in [6.07, 6.45) is 3.96. The molecule has 1 rings (SSSR count). The molecule has 0 heterocycles. The minimum absolute atomic E-state index is 0.0566. The summed E-state index contributed by atoms with van der Waals surface area (Å²) in [4.78, 5) is 10.8. The van der Waals surface area contributed by atoms with Crippen LogP contribution in [0.25, 0.3) is 0 Å². The SMILES string of the molecule is CNC(=O)CCC1(F)CCCC1. The molecule has 0 unspecified atom stereocenters. The predicted molar refractivity (Wildman–Crippen MR) is 45.6 cm³/mol. The van der Waals surface area contributed by atoms with E-state index >= 15 is 0 Å². The van der Waals surface area contributed by atoms with Gasteiger partial charge in [-0.2, -0.15) is 0 Å². The highest BCUT2D eigenvalue weighted by Crippen LogP contribution is 2.36. The van der Waals surface area contributed by atoms with Gasteiger partial charge in [0.1, 0.15) is 5.67 Å². The van der Waals surface area contributed by atoms with Gasteiger partial charge in [0.2, 0.25) is 5.91 Å². The zero-order chi connectivity index (χ0) is 9.03. The first-order valence-electron chi connectivity index (χ1n) is 4.56. The second-order valence-corrected chi connectivity index (χ2v) is 3.53. The number of halogens is 1. The summed E-state index contributed by atoms with van der Waals surface area (Å²) in [5.74, 6) is -0.0566. The molecule has 0 saturated heterocycles. The lowest BCUT2D eigenvalue weighted by Gasteiger charge is -2.17. The Balaban J connectivity index is 2.25. The number of amides is 1. The van der Waals surface area contributed by atoms with Crippen LogP contribution in [0.4, 0.5) is 4.39 Å². The number of hydrogen-bond acceptors (Lipinski definition) is 1. The fourth-order valence-corrected chi connectivity index (χ4v) is 1.72. The molecule has 0 radical (unpaired) electrons. The molecule has 1 saturated carbocycles. The van der Waals surface area contributed by atoms with E-state index in [1.54, 1.807) is 7.05 Å². The lowest BCUT2D eigenvalue weighted by Crippen LogP contribution is -2.24. The fraction of sp³-hybridized carbons (Fsp3) is 0.889. The first kappa shape index (κ1) is 9.49. The van der Waals surface area contributed by atoms with Crippen LogP contribution in [0.5, 0.6) is 0 Å². The second kappa shape index (κ2) is 3.87. The van der Waals surface area contributed by atoms with Gasteiger partial charge in [0.15, 0.2) is 0 Å². The minimum atomic E-state index is -1.04. The Kier molecular flexibility index (Phi) is 3.06. The number of nitrogens with one attached hydrogen (secondary N) is 1. The van der Waals surface area contributed by atoms with Crippen molar-refractivity contribution in [2.24, 2.45) is 0 Å². The van der Waals surface area contributed by atoms with Crippen LogP contribution < -0.4 is 5.32 Å². The van der Waals surface area contributed by atoms with Gasteiger partial charge in [-0.25, -0.2) is 4.39 Å². The number of carbonyl (C=O) groups is 1. The smallest absolute Gasteiger partial charge is 0.219 e. The summed E-state index contributed by atoms with van der Waals surface area (Å²) in [6.45, 7) is 0. The Morgan fingerprint density at radius 3 is 2.58 bits per heavy atom. The lowest BCUT2D eigenvalue weighted by molar-refractivity contribution is -0.121. The van der Waals surface area contributed by atoms with E-state index in [9.17, 15) is 9.18 Å². The lowest BCUT2D eigenvalue weighted by atomic mass is 9.98. The van der Waals surface area contributed by atoms with Crippen molar-refractivity contribution in [3.63, 3.8) is 0 Å². The molecule has 1 amide bonds. The Morgan fingerprint density at radius 2 is 2.08 bits per heavy atom. The molecule has 0 atom stereocenters. The van der Waals surface area contributed by atoms with Crippen molar-refractivity contribution >= 4 is 5.91 Å². The summed E-state index contributed by atoms with van der Waals surface area (Å²) in [6, 6.07) is 0. The molecule has 70 valence electrons. The molecule has 2 nitrogen and oxygen atoms in total. The molecule has 1 fully saturated rings. The molecule has 0 aliphatic heterocycles. The highest BCUT2D eigenvalue weighted by Gasteiger charge is 2.33. The fourth-order valence-electron chi connectivity index (χ4n) is 1.72. The average molecular weight is 173 g/mol. The van der Waals surface area contributed by atoms with Gasteiger partial charge < -0.3 is 5.32 Å². The summed E-state index contributed by atoms with van der Waals surface area (Å²) >= 11 is 0. The van der Waals surface area contributed by atoms with Crippen molar-refractivity contribution in [3.8, 4) is 0 Å². The van der Waals surface area contributed by atoms with Crippen LogP contribution in [0.3, 0.4) is 0 Å². The van der Waals surface area contributed by atoms with E-state index in [1.807, 2.05) is 0 Å². The molecule has 0 aromatic carbocycles. The molecule has 1 aliphatic carbocycles. The van der Waals surface area contributed by atoms with Crippen molar-refractivity contribution in [2.45, 2.75) is 44.2 Å². The molecular weight excluding hydrogens is 157 g/mol. The number of hydrogen-bond donors (Lipinski definition) is 1. The second-order valence-electron chi connectivity index (χ2n) is 3.53.